The van der Waals surface area contributed by atoms with Gasteiger partial charge in [-0.2, -0.15) is 0 Å². The number of carboxylic acid groups (broad SMARTS) is 1. The van der Waals surface area contributed by atoms with Gasteiger partial charge < -0.3 is 19.7 Å². The van der Waals surface area contributed by atoms with E-state index in [2.05, 4.69) is 0 Å². The van der Waals surface area contributed by atoms with E-state index in [1.165, 1.54) is 19.2 Å². The van der Waals surface area contributed by atoms with Crippen LogP contribution in [-0.4, -0.2) is 29.9 Å². The van der Waals surface area contributed by atoms with E-state index in [1.54, 1.807) is 0 Å². The normalized spacial score (nSPS) is 22.5. The highest BCUT2D eigenvalue weighted by Gasteiger charge is 2.44. The molecule has 1 aliphatic rings. The van der Waals surface area contributed by atoms with Gasteiger partial charge in [0.25, 0.3) is 0 Å². The van der Waals surface area contributed by atoms with Gasteiger partial charge in [0, 0.05) is 18.1 Å². The summed E-state index contributed by atoms with van der Waals surface area (Å²) < 4.78 is 10.3. The van der Waals surface area contributed by atoms with Gasteiger partial charge in [0.15, 0.2) is 5.60 Å². The standard InChI is InChI=1S/C11H11ClO5/c1-16-6-4-7-9(8(12)5-6)17-3-2-11(7,15)10(13)14/h4-5,15H,2-3H2,1H3,(H,13,14). The minimum absolute atomic E-state index is 0.0289. The van der Waals surface area contributed by atoms with Crippen molar-refractivity contribution in [3.8, 4) is 11.5 Å². The largest absolute Gasteiger partial charge is 0.497 e. The molecule has 6 heteroatoms. The summed E-state index contributed by atoms with van der Waals surface area (Å²) in [5, 5.41) is 19.5. The molecule has 5 nitrogen and oxygen atoms in total. The van der Waals surface area contributed by atoms with E-state index in [1.807, 2.05) is 0 Å². The van der Waals surface area contributed by atoms with E-state index >= 15 is 0 Å². The second kappa shape index (κ2) is 4.09. The van der Waals surface area contributed by atoms with Gasteiger partial charge in [0.05, 0.1) is 18.7 Å². The summed E-state index contributed by atoms with van der Waals surface area (Å²) >= 11 is 5.95. The Morgan fingerprint density at radius 3 is 2.88 bits per heavy atom. The maximum atomic E-state index is 11.2. The molecule has 0 spiro atoms. The molecule has 0 bridgehead atoms. The van der Waals surface area contributed by atoms with E-state index < -0.39 is 11.6 Å². The van der Waals surface area contributed by atoms with Crippen molar-refractivity contribution in [2.24, 2.45) is 0 Å². The zero-order chi connectivity index (χ0) is 12.6. The Morgan fingerprint density at radius 2 is 2.29 bits per heavy atom. The predicted molar refractivity (Wildman–Crippen MR) is 59.6 cm³/mol. The molecular formula is C11H11ClO5. The number of aliphatic carboxylic acids is 1. The van der Waals surface area contributed by atoms with E-state index in [-0.39, 0.29) is 29.4 Å². The van der Waals surface area contributed by atoms with Crippen LogP contribution in [0.25, 0.3) is 0 Å². The van der Waals surface area contributed by atoms with E-state index in [0.717, 1.165) is 0 Å². The van der Waals surface area contributed by atoms with Gasteiger partial charge in [-0.25, -0.2) is 4.79 Å². The summed E-state index contributed by atoms with van der Waals surface area (Å²) in [6.45, 7) is 0.0991. The van der Waals surface area contributed by atoms with E-state index in [9.17, 15) is 9.90 Å². The van der Waals surface area contributed by atoms with Gasteiger partial charge >= 0.3 is 5.97 Å². The number of benzene rings is 1. The molecule has 1 atom stereocenters. The lowest BCUT2D eigenvalue weighted by atomic mass is 9.88. The number of hydrogen-bond donors (Lipinski definition) is 2. The average molecular weight is 259 g/mol. The van der Waals surface area contributed by atoms with Crippen molar-refractivity contribution in [1.29, 1.82) is 0 Å². The molecule has 2 N–H and O–H groups in total. The first kappa shape index (κ1) is 12.0. The third kappa shape index (κ3) is 1.81. The van der Waals surface area contributed by atoms with Crippen molar-refractivity contribution in [3.05, 3.63) is 22.7 Å². The summed E-state index contributed by atoms with van der Waals surface area (Å²) in [6.07, 6.45) is -0.0289. The molecule has 0 fully saturated rings. The fourth-order valence-corrected chi connectivity index (χ4v) is 2.06. The highest BCUT2D eigenvalue weighted by atomic mass is 35.5. The molecule has 0 saturated heterocycles. The Kier molecular flexibility index (Phi) is 2.89. The van der Waals surface area contributed by atoms with Crippen molar-refractivity contribution in [1.82, 2.24) is 0 Å². The van der Waals surface area contributed by atoms with Crippen molar-refractivity contribution in [2.75, 3.05) is 13.7 Å². The topological polar surface area (TPSA) is 76.0 Å². The second-order valence-corrected chi connectivity index (χ2v) is 4.16. The van der Waals surface area contributed by atoms with Crippen LogP contribution in [0.2, 0.25) is 5.02 Å². The van der Waals surface area contributed by atoms with Crippen LogP contribution >= 0.6 is 11.6 Å². The zero-order valence-electron chi connectivity index (χ0n) is 9.07. The number of carboxylic acids is 1. The molecule has 0 radical (unpaired) electrons. The number of hydrogen-bond acceptors (Lipinski definition) is 4. The van der Waals surface area contributed by atoms with Crippen LogP contribution in [-0.2, 0) is 10.4 Å². The fourth-order valence-electron chi connectivity index (χ4n) is 1.80. The molecule has 1 aliphatic heterocycles. The van der Waals surface area contributed by atoms with Gasteiger partial charge in [-0.3, -0.25) is 0 Å². The van der Waals surface area contributed by atoms with Crippen LogP contribution in [0.5, 0.6) is 11.5 Å². The second-order valence-electron chi connectivity index (χ2n) is 3.75. The summed E-state index contributed by atoms with van der Waals surface area (Å²) in [5.41, 5.74) is -1.85. The first-order valence-corrected chi connectivity index (χ1v) is 5.33. The van der Waals surface area contributed by atoms with Gasteiger partial charge in [-0.1, -0.05) is 11.6 Å². The Balaban J connectivity index is 2.64. The van der Waals surface area contributed by atoms with Crippen molar-refractivity contribution in [2.45, 2.75) is 12.0 Å². The Morgan fingerprint density at radius 1 is 1.59 bits per heavy atom. The Labute approximate surface area is 103 Å². The molecular weight excluding hydrogens is 248 g/mol. The van der Waals surface area contributed by atoms with Crippen LogP contribution in [0.1, 0.15) is 12.0 Å². The lowest BCUT2D eigenvalue weighted by Gasteiger charge is -2.31. The maximum absolute atomic E-state index is 11.2. The molecule has 1 aromatic rings. The third-order valence-corrected chi connectivity index (χ3v) is 3.04. The first-order chi connectivity index (χ1) is 7.99. The van der Waals surface area contributed by atoms with Gasteiger partial charge in [-0.05, 0) is 6.07 Å². The third-order valence-electron chi connectivity index (χ3n) is 2.76. The number of fused-ring (bicyclic) bond motifs is 1. The van der Waals surface area contributed by atoms with Crippen LogP contribution in [0, 0.1) is 0 Å². The van der Waals surface area contributed by atoms with Gasteiger partial charge in [0.2, 0.25) is 0 Å². The molecule has 0 saturated carbocycles. The number of methoxy groups -OCH3 is 1. The number of ether oxygens (including phenoxy) is 2. The number of aliphatic hydroxyl groups is 1. The van der Waals surface area contributed by atoms with Crippen molar-refractivity contribution in [3.63, 3.8) is 0 Å². The number of carbonyl (C=O) groups is 1. The molecule has 2 rings (SSSR count). The summed E-state index contributed by atoms with van der Waals surface area (Å²) in [5.74, 6) is -0.756. The maximum Gasteiger partial charge on any atom is 0.340 e. The zero-order valence-corrected chi connectivity index (χ0v) is 9.82. The van der Waals surface area contributed by atoms with E-state index in [0.29, 0.717) is 5.75 Å². The fraction of sp³-hybridized carbons (Fsp3) is 0.364. The van der Waals surface area contributed by atoms with Crippen LogP contribution in [0.4, 0.5) is 0 Å². The highest BCUT2D eigenvalue weighted by molar-refractivity contribution is 6.32. The molecule has 0 aromatic heterocycles. The monoisotopic (exact) mass is 258 g/mol. The predicted octanol–water partition coefficient (Wildman–Crippen LogP) is 1.40. The summed E-state index contributed by atoms with van der Waals surface area (Å²) in [7, 11) is 1.43. The minimum Gasteiger partial charge on any atom is -0.497 e. The SMILES string of the molecule is COc1cc(Cl)c2c(c1)C(O)(C(=O)O)CCO2. The molecule has 1 aromatic carbocycles. The molecule has 0 aliphatic carbocycles. The first-order valence-electron chi connectivity index (χ1n) is 4.95. The minimum atomic E-state index is -1.98. The molecule has 1 unspecified atom stereocenters. The molecule has 1 heterocycles. The Hall–Kier alpha value is -1.46. The quantitative estimate of drug-likeness (QED) is 0.839. The van der Waals surface area contributed by atoms with E-state index in [4.69, 9.17) is 26.2 Å². The van der Waals surface area contributed by atoms with Crippen molar-refractivity contribution >= 4 is 17.6 Å². The number of rotatable bonds is 2. The summed E-state index contributed by atoms with van der Waals surface area (Å²) in [6, 6.07) is 2.93. The average Bonchev–Trinajstić information content (AvgIpc) is 2.30. The Bertz CT molecular complexity index is 473. The number of halogens is 1. The smallest absolute Gasteiger partial charge is 0.340 e. The highest BCUT2D eigenvalue weighted by Crippen LogP contribution is 2.43. The molecule has 0 amide bonds. The summed E-state index contributed by atoms with van der Waals surface area (Å²) in [4.78, 5) is 11.2. The lowest BCUT2D eigenvalue weighted by molar-refractivity contribution is -0.162. The molecule has 92 valence electrons. The van der Waals surface area contributed by atoms with Crippen LogP contribution < -0.4 is 9.47 Å². The van der Waals surface area contributed by atoms with Crippen LogP contribution in [0.15, 0.2) is 12.1 Å². The van der Waals surface area contributed by atoms with Gasteiger partial charge in [-0.15, -0.1) is 0 Å². The van der Waals surface area contributed by atoms with Crippen molar-refractivity contribution < 1.29 is 24.5 Å². The lowest BCUT2D eigenvalue weighted by Crippen LogP contribution is -2.40. The van der Waals surface area contributed by atoms with Gasteiger partial charge in [0.1, 0.15) is 11.5 Å². The van der Waals surface area contributed by atoms with Crippen LogP contribution in [0.3, 0.4) is 0 Å². The molecule has 17 heavy (non-hydrogen) atoms.